The molecule has 2 atom stereocenters. The van der Waals surface area contributed by atoms with Crippen LogP contribution in [-0.4, -0.2) is 23.3 Å². The Morgan fingerprint density at radius 1 is 1.33 bits per heavy atom. The summed E-state index contributed by atoms with van der Waals surface area (Å²) < 4.78 is 0. The van der Waals surface area contributed by atoms with Crippen LogP contribution in [0.1, 0.15) is 39.0 Å². The predicted octanol–water partition coefficient (Wildman–Crippen LogP) is 1.29. The van der Waals surface area contributed by atoms with E-state index in [0.717, 1.165) is 25.3 Å². The summed E-state index contributed by atoms with van der Waals surface area (Å²) >= 11 is 0. The van der Waals surface area contributed by atoms with E-state index in [1.807, 2.05) is 0 Å². The fourth-order valence-corrected chi connectivity index (χ4v) is 2.54. The lowest BCUT2D eigenvalue weighted by Crippen LogP contribution is -2.56. The fourth-order valence-electron chi connectivity index (χ4n) is 2.54. The van der Waals surface area contributed by atoms with Crippen molar-refractivity contribution >= 4 is 0 Å². The summed E-state index contributed by atoms with van der Waals surface area (Å²) in [5.74, 6) is 0.826. The van der Waals surface area contributed by atoms with Crippen LogP contribution in [0.15, 0.2) is 0 Å². The van der Waals surface area contributed by atoms with E-state index in [2.05, 4.69) is 12.2 Å². The van der Waals surface area contributed by atoms with Crippen LogP contribution in [0, 0.1) is 5.92 Å². The first-order valence-corrected chi connectivity index (χ1v) is 5.14. The van der Waals surface area contributed by atoms with Gasteiger partial charge in [0.15, 0.2) is 0 Å². The van der Waals surface area contributed by atoms with Crippen LogP contribution in [0.2, 0.25) is 0 Å². The molecule has 1 aliphatic heterocycles. The minimum absolute atomic E-state index is 0.0585. The van der Waals surface area contributed by atoms with Crippen molar-refractivity contribution in [3.05, 3.63) is 0 Å². The van der Waals surface area contributed by atoms with Gasteiger partial charge in [-0.15, -0.1) is 0 Å². The molecule has 0 radical (unpaired) electrons. The quantitative estimate of drug-likeness (QED) is 0.620. The summed E-state index contributed by atoms with van der Waals surface area (Å²) in [6, 6.07) is 0. The van der Waals surface area contributed by atoms with Crippen LogP contribution in [0.5, 0.6) is 0 Å². The predicted molar refractivity (Wildman–Crippen MR) is 49.0 cm³/mol. The van der Waals surface area contributed by atoms with Crippen molar-refractivity contribution in [3.63, 3.8) is 0 Å². The van der Waals surface area contributed by atoms with Crippen LogP contribution in [0.4, 0.5) is 0 Å². The number of aliphatic hydroxyl groups excluding tert-OH is 1. The zero-order chi connectivity index (χ0) is 8.60. The Balaban J connectivity index is 1.97. The van der Waals surface area contributed by atoms with E-state index in [9.17, 15) is 5.11 Å². The molecule has 1 heterocycles. The molecule has 2 N–H and O–H groups in total. The third-order valence-corrected chi connectivity index (χ3v) is 3.67. The maximum absolute atomic E-state index is 9.57. The second kappa shape index (κ2) is 3.00. The van der Waals surface area contributed by atoms with Gasteiger partial charge < -0.3 is 10.4 Å². The lowest BCUT2D eigenvalue weighted by atomic mass is 9.68. The summed E-state index contributed by atoms with van der Waals surface area (Å²) in [6.07, 6.45) is 5.93. The third kappa shape index (κ3) is 1.38. The highest BCUT2D eigenvalue weighted by molar-refractivity contribution is 4.98. The van der Waals surface area contributed by atoms with Crippen molar-refractivity contribution in [2.75, 3.05) is 6.54 Å². The van der Waals surface area contributed by atoms with Crippen molar-refractivity contribution in [2.45, 2.75) is 50.7 Å². The zero-order valence-corrected chi connectivity index (χ0v) is 7.84. The van der Waals surface area contributed by atoms with Crippen LogP contribution in [0.3, 0.4) is 0 Å². The molecule has 1 saturated heterocycles. The summed E-state index contributed by atoms with van der Waals surface area (Å²) in [4.78, 5) is 0. The van der Waals surface area contributed by atoms with Gasteiger partial charge in [-0.3, -0.25) is 0 Å². The van der Waals surface area contributed by atoms with E-state index < -0.39 is 0 Å². The first kappa shape index (κ1) is 8.52. The topological polar surface area (TPSA) is 32.3 Å². The smallest absolute Gasteiger partial charge is 0.0569 e. The molecule has 0 aromatic heterocycles. The number of hydrogen-bond acceptors (Lipinski definition) is 2. The van der Waals surface area contributed by atoms with Gasteiger partial charge in [-0.2, -0.15) is 0 Å². The second-order valence-corrected chi connectivity index (χ2v) is 4.62. The highest BCUT2D eigenvalue weighted by Gasteiger charge is 2.40. The maximum Gasteiger partial charge on any atom is 0.0569 e. The van der Waals surface area contributed by atoms with Gasteiger partial charge in [0, 0.05) is 5.54 Å². The van der Waals surface area contributed by atoms with E-state index in [0.29, 0.717) is 0 Å². The first-order valence-electron chi connectivity index (χ1n) is 5.14. The maximum atomic E-state index is 9.57. The van der Waals surface area contributed by atoms with E-state index in [1.165, 1.54) is 19.3 Å². The fraction of sp³-hybridized carbons (Fsp3) is 1.00. The van der Waals surface area contributed by atoms with E-state index in [4.69, 9.17) is 0 Å². The molecule has 2 unspecified atom stereocenters. The van der Waals surface area contributed by atoms with Gasteiger partial charge in [0.25, 0.3) is 0 Å². The molecule has 2 aliphatic rings. The Kier molecular flexibility index (Phi) is 2.13. The summed E-state index contributed by atoms with van der Waals surface area (Å²) in [6.45, 7) is 3.27. The van der Waals surface area contributed by atoms with Crippen molar-refractivity contribution in [2.24, 2.45) is 5.92 Å². The molecule has 0 amide bonds. The van der Waals surface area contributed by atoms with E-state index >= 15 is 0 Å². The Morgan fingerprint density at radius 2 is 2.08 bits per heavy atom. The molecule has 0 spiro atoms. The van der Waals surface area contributed by atoms with Crippen molar-refractivity contribution in [3.8, 4) is 0 Å². The summed E-state index contributed by atoms with van der Waals surface area (Å²) in [5, 5.41) is 13.1. The minimum atomic E-state index is -0.0585. The lowest BCUT2D eigenvalue weighted by Gasteiger charge is -2.47. The monoisotopic (exact) mass is 169 g/mol. The van der Waals surface area contributed by atoms with Gasteiger partial charge >= 0.3 is 0 Å². The Morgan fingerprint density at radius 3 is 2.58 bits per heavy atom. The summed E-state index contributed by atoms with van der Waals surface area (Å²) in [5.41, 5.74) is 0.246. The van der Waals surface area contributed by atoms with E-state index in [-0.39, 0.29) is 11.6 Å². The van der Waals surface area contributed by atoms with Crippen molar-refractivity contribution in [1.29, 1.82) is 0 Å². The molecule has 70 valence electrons. The summed E-state index contributed by atoms with van der Waals surface area (Å²) in [7, 11) is 0. The Labute approximate surface area is 74.4 Å². The molecular weight excluding hydrogens is 150 g/mol. The number of piperidine rings is 1. The zero-order valence-electron chi connectivity index (χ0n) is 7.84. The van der Waals surface area contributed by atoms with Gasteiger partial charge in [0.1, 0.15) is 0 Å². The molecule has 12 heavy (non-hydrogen) atoms. The van der Waals surface area contributed by atoms with Crippen LogP contribution in [-0.2, 0) is 0 Å². The average molecular weight is 169 g/mol. The third-order valence-electron chi connectivity index (χ3n) is 3.67. The molecular formula is C10H19NO. The van der Waals surface area contributed by atoms with Gasteiger partial charge in [-0.25, -0.2) is 0 Å². The first-order chi connectivity index (χ1) is 5.71. The van der Waals surface area contributed by atoms with Gasteiger partial charge in [-0.1, -0.05) is 6.42 Å². The highest BCUT2D eigenvalue weighted by Crippen LogP contribution is 2.40. The molecule has 2 fully saturated rings. The molecule has 1 saturated carbocycles. The van der Waals surface area contributed by atoms with Gasteiger partial charge in [-0.05, 0) is 45.1 Å². The number of nitrogens with one attached hydrogen (secondary N) is 1. The Hall–Kier alpha value is -0.0800. The standard InChI is InChI=1S/C10H19NO/c1-10(8-3-2-4-8)7-9(12)5-6-11-10/h8-9,11-12H,2-7H2,1H3. The average Bonchev–Trinajstić information content (AvgIpc) is 1.79. The van der Waals surface area contributed by atoms with E-state index in [1.54, 1.807) is 0 Å². The molecule has 2 nitrogen and oxygen atoms in total. The second-order valence-electron chi connectivity index (χ2n) is 4.62. The minimum Gasteiger partial charge on any atom is -0.393 e. The molecule has 0 aromatic rings. The number of rotatable bonds is 1. The van der Waals surface area contributed by atoms with Gasteiger partial charge in [0.05, 0.1) is 6.10 Å². The SMILES string of the molecule is CC1(C2CCC2)CC(O)CCN1. The van der Waals surface area contributed by atoms with Crippen LogP contribution < -0.4 is 5.32 Å². The van der Waals surface area contributed by atoms with Crippen LogP contribution in [0.25, 0.3) is 0 Å². The molecule has 2 heteroatoms. The molecule has 2 rings (SSSR count). The van der Waals surface area contributed by atoms with Crippen molar-refractivity contribution < 1.29 is 5.11 Å². The Bertz CT molecular complexity index is 167. The lowest BCUT2D eigenvalue weighted by molar-refractivity contribution is 0.0322. The number of hydrogen-bond donors (Lipinski definition) is 2. The van der Waals surface area contributed by atoms with Crippen molar-refractivity contribution in [1.82, 2.24) is 5.32 Å². The molecule has 1 aliphatic carbocycles. The molecule has 0 aromatic carbocycles. The number of aliphatic hydroxyl groups is 1. The normalized spacial score (nSPS) is 44.0. The largest absolute Gasteiger partial charge is 0.393 e. The highest BCUT2D eigenvalue weighted by atomic mass is 16.3. The van der Waals surface area contributed by atoms with Crippen LogP contribution >= 0.6 is 0 Å². The van der Waals surface area contributed by atoms with Gasteiger partial charge in [0.2, 0.25) is 0 Å². The molecule has 0 bridgehead atoms.